The first kappa shape index (κ1) is 25.3. The molecule has 0 radical (unpaired) electrons. The molecule has 0 unspecified atom stereocenters. The fourth-order valence-electron chi connectivity index (χ4n) is 4.32. The molecule has 1 aromatic heterocycles. The summed E-state index contributed by atoms with van der Waals surface area (Å²) in [6.45, 7) is 3.04. The van der Waals surface area contributed by atoms with E-state index in [2.05, 4.69) is 17.3 Å². The quantitative estimate of drug-likeness (QED) is 0.357. The number of fused-ring (bicyclic) bond motifs is 2. The van der Waals surface area contributed by atoms with Crippen molar-refractivity contribution in [1.29, 1.82) is 0 Å². The summed E-state index contributed by atoms with van der Waals surface area (Å²) in [5, 5.41) is 3.24. The lowest BCUT2D eigenvalue weighted by Crippen LogP contribution is -2.29. The van der Waals surface area contributed by atoms with E-state index in [4.69, 9.17) is 13.7 Å². The van der Waals surface area contributed by atoms with Gasteiger partial charge in [0, 0.05) is 29.9 Å². The van der Waals surface area contributed by atoms with Gasteiger partial charge in [0.25, 0.3) is 5.91 Å². The molecule has 0 saturated heterocycles. The molecule has 1 amide bonds. The minimum Gasteiger partial charge on any atom is -0.493 e. The molecule has 2 aromatic carbocycles. The highest BCUT2D eigenvalue weighted by Gasteiger charge is 2.29. The summed E-state index contributed by atoms with van der Waals surface area (Å²) >= 11 is 1.58. The second kappa shape index (κ2) is 10.4. The van der Waals surface area contributed by atoms with Crippen molar-refractivity contribution in [3.8, 4) is 17.2 Å². The molecule has 0 spiro atoms. The largest absolute Gasteiger partial charge is 0.493 e. The van der Waals surface area contributed by atoms with Crippen LogP contribution in [0, 0.1) is 0 Å². The number of hydrogen-bond donors (Lipinski definition) is 0. The molecule has 4 rings (SSSR count). The Morgan fingerprint density at radius 1 is 1.09 bits per heavy atom. The minimum atomic E-state index is -3.54. The average molecular weight is 519 g/mol. The highest BCUT2D eigenvalue weighted by atomic mass is 32.2. The van der Waals surface area contributed by atoms with Gasteiger partial charge in [-0.1, -0.05) is 0 Å². The van der Waals surface area contributed by atoms with Gasteiger partial charge in [-0.15, -0.1) is 11.3 Å². The van der Waals surface area contributed by atoms with E-state index in [0.717, 1.165) is 47.8 Å². The Morgan fingerprint density at radius 3 is 2.54 bits per heavy atom. The monoisotopic (exact) mass is 518 g/mol. The van der Waals surface area contributed by atoms with Crippen LogP contribution in [0.2, 0.25) is 0 Å². The normalized spacial score (nSPS) is 13.5. The van der Waals surface area contributed by atoms with Crippen LogP contribution in [0.1, 0.15) is 27.9 Å². The van der Waals surface area contributed by atoms with Crippen LogP contribution in [0.25, 0.3) is 10.1 Å². The number of methoxy groups -OCH3 is 2. The molecule has 1 aliphatic heterocycles. The molecular formula is C25H30N2O6S2. The van der Waals surface area contributed by atoms with Crippen molar-refractivity contribution in [2.75, 3.05) is 47.2 Å². The maximum Gasteiger partial charge on any atom is 0.306 e. The lowest BCUT2D eigenvalue weighted by atomic mass is 10.1. The summed E-state index contributed by atoms with van der Waals surface area (Å²) in [5.41, 5.74) is 2.89. The Labute approximate surface area is 210 Å². The number of likely N-dealkylation sites (N-methyl/N-ethyl adjacent to an activating group) is 1. The first-order valence-electron chi connectivity index (χ1n) is 11.3. The minimum absolute atomic E-state index is 0.0348. The van der Waals surface area contributed by atoms with Crippen molar-refractivity contribution >= 4 is 37.4 Å². The molecule has 0 fully saturated rings. The Kier molecular flexibility index (Phi) is 7.53. The highest BCUT2D eigenvalue weighted by molar-refractivity contribution is 7.86. The second-order valence-corrected chi connectivity index (χ2v) is 11.2. The zero-order valence-electron chi connectivity index (χ0n) is 20.4. The molecule has 35 heavy (non-hydrogen) atoms. The smallest absolute Gasteiger partial charge is 0.306 e. The van der Waals surface area contributed by atoms with Gasteiger partial charge in [-0.2, -0.15) is 8.42 Å². The van der Waals surface area contributed by atoms with E-state index >= 15 is 0 Å². The number of benzene rings is 2. The van der Waals surface area contributed by atoms with E-state index in [1.165, 1.54) is 5.56 Å². The molecule has 10 heteroatoms. The summed E-state index contributed by atoms with van der Waals surface area (Å²) in [6.07, 6.45) is 2.80. The van der Waals surface area contributed by atoms with Crippen LogP contribution in [0.15, 0.2) is 35.7 Å². The highest BCUT2D eigenvalue weighted by Crippen LogP contribution is 2.35. The van der Waals surface area contributed by atoms with Crippen LogP contribution in [0.3, 0.4) is 0 Å². The molecule has 3 aromatic rings. The van der Waals surface area contributed by atoms with Crippen LogP contribution >= 0.6 is 11.3 Å². The maximum atomic E-state index is 12.8. The molecule has 8 nitrogen and oxygen atoms in total. The van der Waals surface area contributed by atoms with Crippen molar-refractivity contribution < 1.29 is 26.9 Å². The van der Waals surface area contributed by atoms with Crippen LogP contribution < -0.4 is 13.7 Å². The first-order valence-corrected chi connectivity index (χ1v) is 14.0. The van der Waals surface area contributed by atoms with Gasteiger partial charge in [0.1, 0.15) is 5.75 Å². The van der Waals surface area contributed by atoms with Crippen molar-refractivity contribution in [2.45, 2.75) is 19.4 Å². The van der Waals surface area contributed by atoms with Gasteiger partial charge >= 0.3 is 10.1 Å². The fraction of sp³-hybridized carbons (Fsp3) is 0.400. The van der Waals surface area contributed by atoms with Gasteiger partial charge in [0.2, 0.25) is 0 Å². The summed E-state index contributed by atoms with van der Waals surface area (Å²) in [7, 11) is 1.71. The van der Waals surface area contributed by atoms with Crippen LogP contribution in [0.4, 0.5) is 0 Å². The first-order chi connectivity index (χ1) is 16.7. The molecule has 1 aliphatic rings. The zero-order chi connectivity index (χ0) is 25.2. The van der Waals surface area contributed by atoms with Gasteiger partial charge in [-0.3, -0.25) is 4.79 Å². The topological polar surface area (TPSA) is 85.4 Å². The van der Waals surface area contributed by atoms with Crippen LogP contribution in [-0.2, 0) is 23.1 Å². The van der Waals surface area contributed by atoms with E-state index < -0.39 is 10.1 Å². The number of carbonyl (C=O) groups is 1. The Morgan fingerprint density at radius 2 is 1.83 bits per heavy atom. The molecule has 0 aliphatic carbocycles. The van der Waals surface area contributed by atoms with Crippen molar-refractivity contribution in [2.24, 2.45) is 0 Å². The number of amides is 1. The van der Waals surface area contributed by atoms with Crippen molar-refractivity contribution in [3.63, 3.8) is 0 Å². The van der Waals surface area contributed by atoms with Gasteiger partial charge in [-0.25, -0.2) is 0 Å². The van der Waals surface area contributed by atoms with Crippen molar-refractivity contribution in [3.05, 3.63) is 52.4 Å². The molecule has 0 N–H and O–H groups in total. The lowest BCUT2D eigenvalue weighted by Gasteiger charge is -2.20. The summed E-state index contributed by atoms with van der Waals surface area (Å²) in [4.78, 5) is 17.0. The summed E-state index contributed by atoms with van der Waals surface area (Å²) < 4.78 is 39.4. The van der Waals surface area contributed by atoms with Crippen molar-refractivity contribution in [1.82, 2.24) is 9.80 Å². The van der Waals surface area contributed by atoms with E-state index in [9.17, 15) is 13.2 Å². The van der Waals surface area contributed by atoms with Gasteiger partial charge in [0.05, 0.1) is 20.5 Å². The molecule has 2 heterocycles. The Balaban J connectivity index is 1.27. The summed E-state index contributed by atoms with van der Waals surface area (Å²) in [6, 6.07) is 9.04. The van der Waals surface area contributed by atoms with E-state index in [1.54, 1.807) is 43.8 Å². The number of thiophene rings is 1. The number of rotatable bonds is 11. The SMILES string of the molecule is COc1cc2c(cc1OC)C(=O)N(CCCN(C)CCc1csc3cc(OS(C)(=O)=O)ccc13)C2. The fourth-order valence-corrected chi connectivity index (χ4v) is 5.80. The third-order valence-corrected chi connectivity index (χ3v) is 7.58. The molecule has 0 atom stereocenters. The van der Waals surface area contributed by atoms with Gasteiger partial charge < -0.3 is 23.5 Å². The van der Waals surface area contributed by atoms with Crippen LogP contribution in [-0.4, -0.2) is 71.3 Å². The predicted octanol–water partition coefficient (Wildman–Crippen LogP) is 3.78. The standard InChI is InChI=1S/C25H30N2O6S2/c1-26(11-8-17-16-34-24-13-19(6-7-20(17)24)33-35(4,29)30)9-5-10-27-15-18-12-22(31-2)23(32-3)14-21(18)25(27)28/h6-7,12-14,16H,5,8-11,15H2,1-4H3. The maximum absolute atomic E-state index is 12.8. The van der Waals surface area contributed by atoms with Gasteiger partial charge in [-0.05, 0) is 78.7 Å². The predicted molar refractivity (Wildman–Crippen MR) is 137 cm³/mol. The Bertz CT molecular complexity index is 1340. The number of carbonyl (C=O) groups excluding carboxylic acids is 1. The Hall–Kier alpha value is -2.82. The lowest BCUT2D eigenvalue weighted by molar-refractivity contribution is 0.0772. The number of hydrogen-bond acceptors (Lipinski definition) is 8. The average Bonchev–Trinajstić information content (AvgIpc) is 3.35. The molecule has 0 saturated carbocycles. The third-order valence-electron chi connectivity index (χ3n) is 6.09. The van der Waals surface area contributed by atoms with Crippen LogP contribution in [0.5, 0.6) is 17.2 Å². The third kappa shape index (κ3) is 5.88. The van der Waals surface area contributed by atoms with Gasteiger partial charge in [0.15, 0.2) is 11.5 Å². The zero-order valence-corrected chi connectivity index (χ0v) is 22.0. The second-order valence-electron chi connectivity index (χ2n) is 8.70. The van der Waals surface area contributed by atoms with E-state index in [-0.39, 0.29) is 5.91 Å². The van der Waals surface area contributed by atoms with E-state index in [1.807, 2.05) is 17.0 Å². The molecular weight excluding hydrogens is 488 g/mol. The molecule has 188 valence electrons. The van der Waals surface area contributed by atoms with E-state index in [0.29, 0.717) is 35.9 Å². The summed E-state index contributed by atoms with van der Waals surface area (Å²) in [5.74, 6) is 1.58. The molecule has 0 bridgehead atoms. The number of ether oxygens (including phenoxy) is 2. The number of nitrogens with zero attached hydrogens (tertiary/aromatic N) is 2.